The first kappa shape index (κ1) is 14.3. The Kier molecular flexibility index (Phi) is 4.36. The van der Waals surface area contributed by atoms with E-state index in [1.54, 1.807) is 18.3 Å². The fraction of sp³-hybridized carbons (Fsp3) is 0.273. The molecule has 0 bridgehead atoms. The van der Waals surface area contributed by atoms with Gasteiger partial charge in [0.1, 0.15) is 0 Å². The SMILES string of the molecule is CCOC(=O)Nc1nnc(SCc2cn3ccsc3n2)s1. The molecule has 0 aromatic carbocycles. The molecule has 0 aliphatic heterocycles. The maximum absolute atomic E-state index is 11.3. The molecular weight excluding hydrogens is 330 g/mol. The van der Waals surface area contributed by atoms with Gasteiger partial charge in [-0.3, -0.25) is 9.72 Å². The summed E-state index contributed by atoms with van der Waals surface area (Å²) in [6.07, 6.45) is 3.46. The van der Waals surface area contributed by atoms with Crippen LogP contribution in [0.15, 0.2) is 22.1 Å². The molecule has 3 aromatic heterocycles. The number of ether oxygens (including phenoxy) is 1. The van der Waals surface area contributed by atoms with Gasteiger partial charge in [-0.2, -0.15) is 0 Å². The highest BCUT2D eigenvalue weighted by Gasteiger charge is 2.10. The van der Waals surface area contributed by atoms with Crippen LogP contribution in [0.3, 0.4) is 0 Å². The number of imidazole rings is 1. The summed E-state index contributed by atoms with van der Waals surface area (Å²) in [5.41, 5.74) is 0.988. The van der Waals surface area contributed by atoms with E-state index in [2.05, 4.69) is 20.5 Å². The number of hydrogen-bond donors (Lipinski definition) is 1. The molecule has 0 spiro atoms. The van der Waals surface area contributed by atoms with Gasteiger partial charge in [0.15, 0.2) is 9.30 Å². The van der Waals surface area contributed by atoms with Gasteiger partial charge in [0.25, 0.3) is 0 Å². The Morgan fingerprint density at radius 2 is 2.43 bits per heavy atom. The summed E-state index contributed by atoms with van der Waals surface area (Å²) >= 11 is 4.45. The van der Waals surface area contributed by atoms with Crippen molar-refractivity contribution < 1.29 is 9.53 Å². The van der Waals surface area contributed by atoms with Crippen molar-refractivity contribution in [3.8, 4) is 0 Å². The van der Waals surface area contributed by atoms with E-state index in [9.17, 15) is 4.79 Å². The van der Waals surface area contributed by atoms with Crippen LogP contribution in [0.2, 0.25) is 0 Å². The fourth-order valence-electron chi connectivity index (χ4n) is 1.55. The minimum atomic E-state index is -0.514. The van der Waals surface area contributed by atoms with Gasteiger partial charge in [-0.15, -0.1) is 21.5 Å². The molecule has 110 valence electrons. The Labute approximate surface area is 132 Å². The first-order chi connectivity index (χ1) is 10.2. The number of nitrogens with one attached hydrogen (secondary N) is 1. The van der Waals surface area contributed by atoms with E-state index in [1.165, 1.54) is 23.1 Å². The normalized spacial score (nSPS) is 10.9. The summed E-state index contributed by atoms with van der Waals surface area (Å²) in [6, 6.07) is 0. The molecule has 3 rings (SSSR count). The van der Waals surface area contributed by atoms with E-state index in [4.69, 9.17) is 4.74 Å². The monoisotopic (exact) mass is 341 g/mol. The molecule has 10 heteroatoms. The van der Waals surface area contributed by atoms with Crippen LogP contribution in [-0.2, 0) is 10.5 Å². The van der Waals surface area contributed by atoms with Crippen molar-refractivity contribution in [3.05, 3.63) is 23.5 Å². The second kappa shape index (κ2) is 6.41. The van der Waals surface area contributed by atoms with Crippen LogP contribution < -0.4 is 5.32 Å². The van der Waals surface area contributed by atoms with Crippen molar-refractivity contribution >= 4 is 50.6 Å². The molecule has 0 saturated heterocycles. The lowest BCUT2D eigenvalue weighted by atomic mass is 10.6. The van der Waals surface area contributed by atoms with Crippen LogP contribution in [0.5, 0.6) is 0 Å². The Balaban J connectivity index is 1.57. The molecule has 0 aliphatic rings. The van der Waals surface area contributed by atoms with Gasteiger partial charge >= 0.3 is 6.09 Å². The maximum atomic E-state index is 11.3. The van der Waals surface area contributed by atoms with Gasteiger partial charge in [0, 0.05) is 23.5 Å². The number of nitrogens with zero attached hydrogens (tertiary/aromatic N) is 4. The Morgan fingerprint density at radius 1 is 1.52 bits per heavy atom. The topological polar surface area (TPSA) is 81.4 Å². The minimum Gasteiger partial charge on any atom is -0.450 e. The molecule has 0 saturated carbocycles. The van der Waals surface area contributed by atoms with Crippen molar-refractivity contribution in [3.63, 3.8) is 0 Å². The van der Waals surface area contributed by atoms with Crippen LogP contribution >= 0.6 is 34.4 Å². The summed E-state index contributed by atoms with van der Waals surface area (Å²) < 4.78 is 7.55. The van der Waals surface area contributed by atoms with Crippen molar-refractivity contribution in [1.82, 2.24) is 19.6 Å². The van der Waals surface area contributed by atoms with Crippen molar-refractivity contribution in [2.24, 2.45) is 0 Å². The predicted octanol–water partition coefficient (Wildman–Crippen LogP) is 3.11. The number of amides is 1. The van der Waals surface area contributed by atoms with Gasteiger partial charge in [-0.1, -0.05) is 23.1 Å². The second-order valence-electron chi connectivity index (χ2n) is 3.83. The van der Waals surface area contributed by atoms with Crippen molar-refractivity contribution in [1.29, 1.82) is 0 Å². The molecule has 21 heavy (non-hydrogen) atoms. The van der Waals surface area contributed by atoms with Gasteiger partial charge < -0.3 is 4.74 Å². The molecule has 1 amide bonds. The molecule has 0 radical (unpaired) electrons. The van der Waals surface area contributed by atoms with Crippen LogP contribution in [0, 0.1) is 0 Å². The fourth-order valence-corrected chi connectivity index (χ4v) is 3.89. The third-order valence-corrected chi connectivity index (χ3v) is 5.15. The lowest BCUT2D eigenvalue weighted by Crippen LogP contribution is -2.12. The Morgan fingerprint density at radius 3 is 3.24 bits per heavy atom. The van der Waals surface area contributed by atoms with Crippen molar-refractivity contribution in [2.45, 2.75) is 17.0 Å². The minimum absolute atomic E-state index is 0.323. The number of aromatic nitrogens is 4. The smallest absolute Gasteiger partial charge is 0.413 e. The lowest BCUT2D eigenvalue weighted by Gasteiger charge is -1.99. The van der Waals surface area contributed by atoms with E-state index in [-0.39, 0.29) is 0 Å². The van der Waals surface area contributed by atoms with Gasteiger partial charge in [-0.25, -0.2) is 9.78 Å². The van der Waals surface area contributed by atoms with Gasteiger partial charge in [-0.05, 0) is 6.92 Å². The van der Waals surface area contributed by atoms with Crippen LogP contribution in [0.4, 0.5) is 9.93 Å². The molecule has 1 N–H and O–H groups in total. The van der Waals surface area contributed by atoms with Crippen LogP contribution in [0.25, 0.3) is 4.96 Å². The number of carbonyl (C=O) groups excluding carboxylic acids is 1. The molecule has 3 heterocycles. The molecule has 3 aromatic rings. The summed E-state index contributed by atoms with van der Waals surface area (Å²) in [5.74, 6) is 0.711. The zero-order valence-corrected chi connectivity index (χ0v) is 13.4. The molecule has 0 unspecified atom stereocenters. The molecular formula is C11H11N5O2S3. The highest BCUT2D eigenvalue weighted by atomic mass is 32.2. The van der Waals surface area contributed by atoms with Crippen LogP contribution in [0.1, 0.15) is 12.6 Å². The number of carbonyl (C=O) groups is 1. The number of rotatable bonds is 5. The van der Waals surface area contributed by atoms with E-state index in [0.717, 1.165) is 15.0 Å². The third-order valence-electron chi connectivity index (χ3n) is 2.38. The average molecular weight is 341 g/mol. The zero-order chi connectivity index (χ0) is 14.7. The number of thiazole rings is 1. The predicted molar refractivity (Wildman–Crippen MR) is 83.2 cm³/mol. The summed E-state index contributed by atoms with van der Waals surface area (Å²) in [5, 5.41) is 12.9. The summed E-state index contributed by atoms with van der Waals surface area (Å²) in [4.78, 5) is 16.7. The highest BCUT2D eigenvalue weighted by molar-refractivity contribution is 8.00. The summed E-state index contributed by atoms with van der Waals surface area (Å²) in [7, 11) is 0. The first-order valence-corrected chi connectivity index (χ1v) is 8.74. The Hall–Kier alpha value is -1.65. The molecule has 0 aliphatic carbocycles. The number of hydrogen-bond acceptors (Lipinski definition) is 8. The Bertz CT molecular complexity index is 721. The standard InChI is InChI=1S/C11H11N5O2S3/c1-2-18-10(17)13-8-14-15-11(21-8)20-6-7-5-16-3-4-19-9(16)12-7/h3-5H,2,6H2,1H3,(H,13,14,17). The number of anilines is 1. The van der Waals surface area contributed by atoms with E-state index < -0.39 is 6.09 Å². The zero-order valence-electron chi connectivity index (χ0n) is 11.0. The quantitative estimate of drug-likeness (QED) is 0.567. The molecule has 7 nitrogen and oxygen atoms in total. The summed E-state index contributed by atoms with van der Waals surface area (Å²) in [6.45, 7) is 2.07. The average Bonchev–Trinajstić information content (AvgIpc) is 3.11. The van der Waals surface area contributed by atoms with Gasteiger partial charge in [0.2, 0.25) is 5.13 Å². The van der Waals surface area contributed by atoms with Crippen molar-refractivity contribution in [2.75, 3.05) is 11.9 Å². The number of fused-ring (bicyclic) bond motifs is 1. The van der Waals surface area contributed by atoms with Crippen LogP contribution in [-0.4, -0.2) is 32.3 Å². The maximum Gasteiger partial charge on any atom is 0.413 e. The number of thioether (sulfide) groups is 1. The molecule has 0 atom stereocenters. The largest absolute Gasteiger partial charge is 0.450 e. The molecule has 0 fully saturated rings. The van der Waals surface area contributed by atoms with E-state index in [1.807, 2.05) is 22.2 Å². The highest BCUT2D eigenvalue weighted by Crippen LogP contribution is 2.28. The van der Waals surface area contributed by atoms with E-state index in [0.29, 0.717) is 17.5 Å². The third kappa shape index (κ3) is 3.52. The van der Waals surface area contributed by atoms with Gasteiger partial charge in [0.05, 0.1) is 12.3 Å². The first-order valence-electron chi connectivity index (χ1n) is 6.05. The second-order valence-corrected chi connectivity index (χ2v) is 6.91. The lowest BCUT2D eigenvalue weighted by molar-refractivity contribution is 0.168. The van der Waals surface area contributed by atoms with E-state index >= 15 is 0 Å².